The zero-order valence-corrected chi connectivity index (χ0v) is 9.46. The van der Waals surface area contributed by atoms with Crippen molar-refractivity contribution in [1.82, 2.24) is 0 Å². The first kappa shape index (κ1) is 15.3. The molecule has 0 aliphatic carbocycles. The Labute approximate surface area is 94.0 Å². The van der Waals surface area contributed by atoms with Crippen LogP contribution in [0.3, 0.4) is 0 Å². The SMILES string of the molecule is FS(F)(F)(F)(F)c1c[c]cc(S(F)(F)(F)(F)F)c1. The highest BCUT2D eigenvalue weighted by molar-refractivity contribution is 8.46. The maximum absolute atomic E-state index is 12.1. The second-order valence-corrected chi connectivity index (χ2v) is 8.16. The topological polar surface area (TPSA) is 0 Å². The molecule has 0 unspecified atom stereocenters. The molecule has 0 atom stereocenters. The average Bonchev–Trinajstić information content (AvgIpc) is 1.96. The second-order valence-electron chi connectivity index (χ2n) is 3.34. The molecule has 0 nitrogen and oxygen atoms in total. The van der Waals surface area contributed by atoms with E-state index >= 15 is 0 Å². The highest BCUT2D eigenvalue weighted by Gasteiger charge is 2.69. The Bertz CT molecular complexity index is 461. The molecule has 0 bridgehead atoms. The fraction of sp³-hybridized carbons (Fsp3) is 0. The van der Waals surface area contributed by atoms with Gasteiger partial charge in [-0.2, -0.15) is 0 Å². The number of benzene rings is 1. The minimum Gasteiger partial charge on any atom is -0.0936 e. The maximum atomic E-state index is 12.1. The summed E-state index contributed by atoms with van der Waals surface area (Å²) in [6, 6.07) is -1.34. The molecule has 1 aromatic carbocycles. The van der Waals surface area contributed by atoms with Crippen LogP contribution in [0.25, 0.3) is 0 Å². The Morgan fingerprint density at radius 1 is 0.611 bits per heavy atom. The summed E-state index contributed by atoms with van der Waals surface area (Å²) in [5.74, 6) is 0. The lowest BCUT2D eigenvalue weighted by Crippen LogP contribution is -2.10. The number of hydrogen-bond acceptors (Lipinski definition) is 0. The van der Waals surface area contributed by atoms with Crippen LogP contribution in [-0.2, 0) is 0 Å². The van der Waals surface area contributed by atoms with Gasteiger partial charge in [0.1, 0.15) is 9.79 Å². The first-order chi connectivity index (χ1) is 7.19. The van der Waals surface area contributed by atoms with Crippen LogP contribution in [0.5, 0.6) is 0 Å². The summed E-state index contributed by atoms with van der Waals surface area (Å²) in [5.41, 5.74) is 0. The van der Waals surface area contributed by atoms with Crippen LogP contribution in [0, 0.1) is 6.07 Å². The summed E-state index contributed by atoms with van der Waals surface area (Å²) in [6.07, 6.45) is 0. The molecule has 109 valence electrons. The van der Waals surface area contributed by atoms with Gasteiger partial charge in [-0.15, -0.1) is 0 Å². The van der Waals surface area contributed by atoms with Gasteiger partial charge in [0.05, 0.1) is 0 Å². The van der Waals surface area contributed by atoms with Crippen LogP contribution < -0.4 is 0 Å². The minimum absolute atomic E-state index is 0.519. The summed E-state index contributed by atoms with van der Waals surface area (Å²) in [6.45, 7) is 0. The summed E-state index contributed by atoms with van der Waals surface area (Å²) in [4.78, 5) is -6.14. The monoisotopic (exact) mass is 329 g/mol. The van der Waals surface area contributed by atoms with Crippen molar-refractivity contribution in [1.29, 1.82) is 0 Å². The molecule has 1 rings (SSSR count). The molecule has 12 heteroatoms. The van der Waals surface area contributed by atoms with Gasteiger partial charge in [-0.1, -0.05) is 38.9 Å². The van der Waals surface area contributed by atoms with Gasteiger partial charge in [0.2, 0.25) is 0 Å². The van der Waals surface area contributed by atoms with Crippen molar-refractivity contribution in [2.24, 2.45) is 0 Å². The lowest BCUT2D eigenvalue weighted by atomic mass is 10.4. The van der Waals surface area contributed by atoms with Crippen molar-refractivity contribution in [3.8, 4) is 0 Å². The van der Waals surface area contributed by atoms with Crippen molar-refractivity contribution < 1.29 is 38.9 Å². The molecule has 0 amide bonds. The third-order valence-corrected chi connectivity index (χ3v) is 3.88. The largest absolute Gasteiger partial charge is 0.310 e. The van der Waals surface area contributed by atoms with Gasteiger partial charge in [-0.3, -0.25) is 0 Å². The van der Waals surface area contributed by atoms with Gasteiger partial charge in [0.15, 0.2) is 0 Å². The van der Waals surface area contributed by atoms with E-state index < -0.39 is 48.4 Å². The normalized spacial score (nSPS) is 21.4. The fourth-order valence-corrected chi connectivity index (χ4v) is 2.23. The van der Waals surface area contributed by atoms with E-state index in [4.69, 9.17) is 0 Å². The van der Waals surface area contributed by atoms with Crippen LogP contribution in [0.15, 0.2) is 28.0 Å². The molecule has 0 N–H and O–H groups in total. The third-order valence-electron chi connectivity index (χ3n) is 1.63. The standard InChI is InChI=1S/C6H3F10S2/c7-17(8,9,10,11)5-2-1-3-6(4-5)18(12,13,14,15)16/h2-4H. The number of hydrogen-bond donors (Lipinski definition) is 0. The Balaban J connectivity index is 3.65. The van der Waals surface area contributed by atoms with E-state index in [1.165, 1.54) is 0 Å². The summed E-state index contributed by atoms with van der Waals surface area (Å²) < 4.78 is 121. The average molecular weight is 329 g/mol. The van der Waals surface area contributed by atoms with Gasteiger partial charge in [0, 0.05) is 0 Å². The van der Waals surface area contributed by atoms with Crippen LogP contribution in [-0.4, -0.2) is 0 Å². The zero-order chi connectivity index (χ0) is 14.8. The van der Waals surface area contributed by atoms with Crippen LogP contribution in [0.4, 0.5) is 38.9 Å². The quantitative estimate of drug-likeness (QED) is 0.523. The van der Waals surface area contributed by atoms with Crippen molar-refractivity contribution >= 4 is 20.4 Å². The lowest BCUT2D eigenvalue weighted by molar-refractivity contribution is 0.360. The van der Waals surface area contributed by atoms with Gasteiger partial charge < -0.3 is 0 Å². The van der Waals surface area contributed by atoms with Crippen molar-refractivity contribution in [2.45, 2.75) is 9.79 Å². The highest BCUT2D eigenvalue weighted by atomic mass is 32.5. The van der Waals surface area contributed by atoms with Gasteiger partial charge in [-0.25, -0.2) is 0 Å². The third kappa shape index (κ3) is 3.60. The van der Waals surface area contributed by atoms with Crippen molar-refractivity contribution in [2.75, 3.05) is 0 Å². The second kappa shape index (κ2) is 2.44. The first-order valence-electron chi connectivity index (χ1n) is 3.68. The van der Waals surface area contributed by atoms with E-state index in [1.54, 1.807) is 0 Å². The minimum atomic E-state index is -10.5. The Morgan fingerprint density at radius 2 is 0.889 bits per heavy atom. The van der Waals surface area contributed by atoms with E-state index in [-0.39, 0.29) is 0 Å². The van der Waals surface area contributed by atoms with E-state index in [0.717, 1.165) is 6.07 Å². The molecule has 1 aromatic rings. The molecular weight excluding hydrogens is 326 g/mol. The molecule has 0 fully saturated rings. The molecule has 0 saturated heterocycles. The summed E-state index contributed by atoms with van der Waals surface area (Å²) >= 11 is 0. The molecular formula is C6H3F10S2. The van der Waals surface area contributed by atoms with Crippen LogP contribution in [0.2, 0.25) is 0 Å². The lowest BCUT2D eigenvalue weighted by Gasteiger charge is -2.43. The zero-order valence-electron chi connectivity index (χ0n) is 7.83. The first-order valence-corrected chi connectivity index (χ1v) is 7.59. The smallest absolute Gasteiger partial charge is 0.0936 e. The van der Waals surface area contributed by atoms with E-state index in [0.29, 0.717) is 0 Å². The van der Waals surface area contributed by atoms with E-state index in [9.17, 15) is 38.9 Å². The van der Waals surface area contributed by atoms with Crippen LogP contribution >= 0.6 is 20.4 Å². The maximum Gasteiger partial charge on any atom is 0.310 e. The molecule has 0 aliphatic heterocycles. The Morgan fingerprint density at radius 3 is 1.11 bits per heavy atom. The molecule has 0 spiro atoms. The van der Waals surface area contributed by atoms with Crippen molar-refractivity contribution in [3.63, 3.8) is 0 Å². The summed E-state index contributed by atoms with van der Waals surface area (Å²) in [5, 5.41) is 0. The summed E-state index contributed by atoms with van der Waals surface area (Å²) in [7, 11) is -20.9. The number of rotatable bonds is 2. The molecule has 18 heavy (non-hydrogen) atoms. The Hall–Kier alpha value is -0.780. The molecule has 1 radical (unpaired) electrons. The number of halogens is 10. The fourth-order valence-electron chi connectivity index (χ4n) is 0.875. The van der Waals surface area contributed by atoms with E-state index in [1.807, 2.05) is 0 Å². The molecule has 0 aromatic heterocycles. The predicted octanol–water partition coefficient (Wildman–Crippen LogP) is 6.80. The predicted molar refractivity (Wildman–Crippen MR) is 48.1 cm³/mol. The molecule has 0 heterocycles. The molecule has 0 aliphatic rings. The van der Waals surface area contributed by atoms with Gasteiger partial charge in [0.25, 0.3) is 0 Å². The van der Waals surface area contributed by atoms with E-state index in [2.05, 4.69) is 0 Å². The van der Waals surface area contributed by atoms with Crippen LogP contribution in [0.1, 0.15) is 0 Å². The highest BCUT2D eigenvalue weighted by Crippen LogP contribution is 3.05. The van der Waals surface area contributed by atoms with Gasteiger partial charge in [-0.05, 0) is 24.3 Å². The Kier molecular flexibility index (Phi) is 2.07. The van der Waals surface area contributed by atoms with Crippen molar-refractivity contribution in [3.05, 3.63) is 24.3 Å². The van der Waals surface area contributed by atoms with Gasteiger partial charge >= 0.3 is 20.4 Å². The molecule has 0 saturated carbocycles.